The summed E-state index contributed by atoms with van der Waals surface area (Å²) in [5.41, 5.74) is 4.00. The summed E-state index contributed by atoms with van der Waals surface area (Å²) >= 11 is 0. The molecule has 1 aromatic heterocycles. The van der Waals surface area contributed by atoms with Crippen molar-refractivity contribution in [1.29, 1.82) is 0 Å². The van der Waals surface area contributed by atoms with Crippen molar-refractivity contribution in [3.05, 3.63) is 59.4 Å². The zero-order valence-electron chi connectivity index (χ0n) is 18.8. The van der Waals surface area contributed by atoms with Crippen LogP contribution >= 0.6 is 0 Å². The summed E-state index contributed by atoms with van der Waals surface area (Å²) in [7, 11) is -1.64. The molecule has 8 heteroatoms. The molecule has 170 valence electrons. The average molecular weight is 455 g/mol. The molecule has 1 unspecified atom stereocenters. The van der Waals surface area contributed by atoms with E-state index >= 15 is 0 Å². The standard InChI is InChI=1S/C24H30N4O3S/c1-4-28(5-2)32(30,31)18-11-13-22-21(16-18)25-23(27(22)3)14-15-24(29)26-20-12-10-17-8-6-7-9-19(17)20/h6-9,11,13,16,20H,4-5,10,12,14-15H2,1-3H3,(H,26,29). The van der Waals surface area contributed by atoms with E-state index in [2.05, 4.69) is 22.4 Å². The molecule has 32 heavy (non-hydrogen) atoms. The molecule has 0 radical (unpaired) electrons. The van der Waals surface area contributed by atoms with E-state index in [1.54, 1.807) is 18.2 Å². The van der Waals surface area contributed by atoms with Crippen molar-refractivity contribution in [3.63, 3.8) is 0 Å². The van der Waals surface area contributed by atoms with Crippen molar-refractivity contribution < 1.29 is 13.2 Å². The maximum absolute atomic E-state index is 12.8. The van der Waals surface area contributed by atoms with Crippen LogP contribution in [0.15, 0.2) is 47.4 Å². The lowest BCUT2D eigenvalue weighted by molar-refractivity contribution is -0.121. The van der Waals surface area contributed by atoms with Crippen LogP contribution in [0.25, 0.3) is 11.0 Å². The molecule has 0 bridgehead atoms. The Morgan fingerprint density at radius 3 is 2.69 bits per heavy atom. The normalized spacial score (nSPS) is 15.9. The van der Waals surface area contributed by atoms with Gasteiger partial charge in [-0.2, -0.15) is 4.31 Å². The average Bonchev–Trinajstić information content (AvgIpc) is 3.33. The number of nitrogens with zero attached hydrogens (tertiary/aromatic N) is 3. The summed E-state index contributed by atoms with van der Waals surface area (Å²) in [6.07, 6.45) is 2.75. The third kappa shape index (κ3) is 4.17. The fraction of sp³-hybridized carbons (Fsp3) is 0.417. The summed E-state index contributed by atoms with van der Waals surface area (Å²) in [5, 5.41) is 3.15. The summed E-state index contributed by atoms with van der Waals surface area (Å²) < 4.78 is 29.0. The molecule has 0 spiro atoms. The van der Waals surface area contributed by atoms with Crippen molar-refractivity contribution in [1.82, 2.24) is 19.2 Å². The third-order valence-corrected chi connectivity index (χ3v) is 8.38. The van der Waals surface area contributed by atoms with Crippen LogP contribution < -0.4 is 5.32 Å². The van der Waals surface area contributed by atoms with Gasteiger partial charge in [0, 0.05) is 33.0 Å². The first-order valence-corrected chi connectivity index (χ1v) is 12.6. The fourth-order valence-corrected chi connectivity index (χ4v) is 6.00. The van der Waals surface area contributed by atoms with Crippen LogP contribution in [0.4, 0.5) is 0 Å². The molecule has 4 rings (SSSR count). The van der Waals surface area contributed by atoms with Gasteiger partial charge in [0.1, 0.15) is 5.82 Å². The van der Waals surface area contributed by atoms with Gasteiger partial charge in [0.05, 0.1) is 22.0 Å². The minimum Gasteiger partial charge on any atom is -0.349 e. The first-order chi connectivity index (χ1) is 15.3. The number of carbonyl (C=O) groups excluding carboxylic acids is 1. The molecule has 0 saturated carbocycles. The third-order valence-electron chi connectivity index (χ3n) is 6.33. The van der Waals surface area contributed by atoms with Gasteiger partial charge in [0.25, 0.3) is 0 Å². The van der Waals surface area contributed by atoms with Gasteiger partial charge in [-0.1, -0.05) is 38.1 Å². The maximum Gasteiger partial charge on any atom is 0.243 e. The predicted molar refractivity (Wildman–Crippen MR) is 125 cm³/mol. The van der Waals surface area contributed by atoms with Crippen molar-refractivity contribution in [2.45, 2.75) is 50.5 Å². The van der Waals surface area contributed by atoms with Gasteiger partial charge in [-0.15, -0.1) is 0 Å². The number of benzene rings is 2. The molecule has 1 aliphatic rings. The number of imidazole rings is 1. The van der Waals surface area contributed by atoms with Crippen molar-refractivity contribution in [2.75, 3.05) is 13.1 Å². The Labute approximate surface area is 189 Å². The van der Waals surface area contributed by atoms with E-state index in [4.69, 9.17) is 0 Å². The summed E-state index contributed by atoms with van der Waals surface area (Å²) in [5.74, 6) is 0.767. The van der Waals surface area contributed by atoms with Crippen LogP contribution in [0, 0.1) is 0 Å². The topological polar surface area (TPSA) is 84.3 Å². The molecule has 0 fully saturated rings. The lowest BCUT2D eigenvalue weighted by Gasteiger charge is -2.18. The minimum atomic E-state index is -3.54. The molecule has 0 aliphatic heterocycles. The minimum absolute atomic E-state index is 0.00330. The number of nitrogens with one attached hydrogen (secondary N) is 1. The second-order valence-electron chi connectivity index (χ2n) is 8.18. The highest BCUT2D eigenvalue weighted by Gasteiger charge is 2.24. The van der Waals surface area contributed by atoms with Crippen LogP contribution in [-0.2, 0) is 34.7 Å². The maximum atomic E-state index is 12.8. The van der Waals surface area contributed by atoms with Crippen LogP contribution in [-0.4, -0.2) is 41.3 Å². The predicted octanol–water partition coefficient (Wildman–Crippen LogP) is 3.34. The number of hydrogen-bond donors (Lipinski definition) is 1. The molecule has 2 aromatic carbocycles. The zero-order chi connectivity index (χ0) is 22.9. The van der Waals surface area contributed by atoms with Gasteiger partial charge >= 0.3 is 0 Å². The molecule has 1 amide bonds. The first kappa shape index (κ1) is 22.5. The molecular weight excluding hydrogens is 424 g/mol. The number of rotatable bonds is 8. The smallest absolute Gasteiger partial charge is 0.243 e. The number of sulfonamides is 1. The molecule has 0 saturated heterocycles. The number of carbonyl (C=O) groups is 1. The van der Waals surface area contributed by atoms with Gasteiger partial charge < -0.3 is 9.88 Å². The molecule has 7 nitrogen and oxygen atoms in total. The van der Waals surface area contributed by atoms with E-state index in [1.165, 1.54) is 15.4 Å². The fourth-order valence-electron chi connectivity index (χ4n) is 4.53. The molecular formula is C24H30N4O3S. The van der Waals surface area contributed by atoms with Crippen molar-refractivity contribution >= 4 is 27.0 Å². The number of aryl methyl sites for hydroxylation is 3. The Morgan fingerprint density at radius 1 is 1.19 bits per heavy atom. The van der Waals surface area contributed by atoms with Gasteiger partial charge in [-0.3, -0.25) is 4.79 Å². The Hall–Kier alpha value is -2.71. The Kier molecular flexibility index (Phi) is 6.35. The second kappa shape index (κ2) is 9.03. The number of hydrogen-bond acceptors (Lipinski definition) is 4. The Balaban J connectivity index is 1.47. The summed E-state index contributed by atoms with van der Waals surface area (Å²) in [4.78, 5) is 17.5. The second-order valence-corrected chi connectivity index (χ2v) is 10.1. The lowest BCUT2D eigenvalue weighted by Crippen LogP contribution is -2.30. The first-order valence-electron chi connectivity index (χ1n) is 11.2. The molecule has 3 aromatic rings. The van der Waals surface area contributed by atoms with Crippen molar-refractivity contribution in [3.8, 4) is 0 Å². The van der Waals surface area contributed by atoms with E-state index in [0.717, 1.165) is 24.2 Å². The Bertz CT molecular complexity index is 1250. The van der Waals surface area contributed by atoms with Crippen LogP contribution in [0.3, 0.4) is 0 Å². The highest BCUT2D eigenvalue weighted by atomic mass is 32.2. The SMILES string of the molecule is CCN(CC)S(=O)(=O)c1ccc2c(c1)nc(CCC(=O)NC1CCc3ccccc31)n2C. The number of aromatic nitrogens is 2. The molecule has 1 heterocycles. The number of fused-ring (bicyclic) bond motifs is 2. The van der Waals surface area contributed by atoms with Gasteiger partial charge in [-0.25, -0.2) is 13.4 Å². The van der Waals surface area contributed by atoms with Crippen LogP contribution in [0.2, 0.25) is 0 Å². The highest BCUT2D eigenvalue weighted by Crippen LogP contribution is 2.30. The monoisotopic (exact) mass is 454 g/mol. The summed E-state index contributed by atoms with van der Waals surface area (Å²) in [6, 6.07) is 13.4. The number of amides is 1. The van der Waals surface area contributed by atoms with E-state index < -0.39 is 10.0 Å². The van der Waals surface area contributed by atoms with Crippen LogP contribution in [0.5, 0.6) is 0 Å². The molecule has 1 N–H and O–H groups in total. The lowest BCUT2D eigenvalue weighted by atomic mass is 10.1. The highest BCUT2D eigenvalue weighted by molar-refractivity contribution is 7.89. The Morgan fingerprint density at radius 2 is 1.94 bits per heavy atom. The summed E-state index contributed by atoms with van der Waals surface area (Å²) in [6.45, 7) is 4.50. The quantitative estimate of drug-likeness (QED) is 0.566. The van der Waals surface area contributed by atoms with Gasteiger partial charge in [-0.05, 0) is 42.2 Å². The van der Waals surface area contributed by atoms with Crippen molar-refractivity contribution in [2.24, 2.45) is 7.05 Å². The van der Waals surface area contributed by atoms with Gasteiger partial charge in [0.15, 0.2) is 0 Å². The van der Waals surface area contributed by atoms with E-state index in [1.807, 2.05) is 37.6 Å². The van der Waals surface area contributed by atoms with Gasteiger partial charge in [0.2, 0.25) is 15.9 Å². The van der Waals surface area contributed by atoms with E-state index in [-0.39, 0.29) is 16.8 Å². The van der Waals surface area contributed by atoms with Crippen LogP contribution in [0.1, 0.15) is 49.7 Å². The zero-order valence-corrected chi connectivity index (χ0v) is 19.7. The largest absolute Gasteiger partial charge is 0.349 e. The molecule has 1 aliphatic carbocycles. The van der Waals surface area contributed by atoms with E-state index in [0.29, 0.717) is 31.4 Å². The molecule has 1 atom stereocenters. The van der Waals surface area contributed by atoms with E-state index in [9.17, 15) is 13.2 Å².